The molecule has 1 saturated heterocycles. The Bertz CT molecular complexity index is 783. The summed E-state index contributed by atoms with van der Waals surface area (Å²) in [7, 11) is 5.87. The van der Waals surface area contributed by atoms with Crippen LogP contribution in [0.5, 0.6) is 5.75 Å². The molecular weight excluding hydrogens is 404 g/mol. The first-order valence-electron chi connectivity index (χ1n) is 10.1. The highest BCUT2D eigenvalue weighted by atomic mass is 35.5. The van der Waals surface area contributed by atoms with Crippen molar-refractivity contribution in [1.29, 1.82) is 0 Å². The van der Waals surface area contributed by atoms with E-state index in [2.05, 4.69) is 54.4 Å². The number of nitrogens with one attached hydrogen (secondary N) is 2. The van der Waals surface area contributed by atoms with Gasteiger partial charge in [-0.2, -0.15) is 15.0 Å². The zero-order valence-corrected chi connectivity index (χ0v) is 19.1. The maximum absolute atomic E-state index is 5.42. The number of methoxy groups -OCH3 is 1. The molecule has 2 aromatic rings. The van der Waals surface area contributed by atoms with E-state index in [4.69, 9.17) is 4.74 Å². The van der Waals surface area contributed by atoms with Crippen molar-refractivity contribution in [3.63, 3.8) is 0 Å². The van der Waals surface area contributed by atoms with Gasteiger partial charge in [-0.1, -0.05) is 12.1 Å². The Hall–Kier alpha value is -2.36. The summed E-state index contributed by atoms with van der Waals surface area (Å²) < 4.78 is 5.42. The third-order valence-electron chi connectivity index (χ3n) is 4.83. The first kappa shape index (κ1) is 23.9. The number of nitrogens with zero attached hydrogens (tertiary/aromatic N) is 6. The van der Waals surface area contributed by atoms with E-state index in [0.29, 0.717) is 17.8 Å². The highest BCUT2D eigenvalue weighted by Crippen LogP contribution is 2.26. The summed E-state index contributed by atoms with van der Waals surface area (Å²) in [5.74, 6) is 2.52. The zero-order valence-electron chi connectivity index (χ0n) is 18.3. The van der Waals surface area contributed by atoms with Gasteiger partial charge in [-0.15, -0.1) is 12.4 Å². The summed E-state index contributed by atoms with van der Waals surface area (Å²) in [5, 5.41) is 6.48. The summed E-state index contributed by atoms with van der Waals surface area (Å²) in [6.45, 7) is 8.74. The molecule has 1 aromatic heterocycles. The maximum atomic E-state index is 5.42. The third-order valence-corrected chi connectivity index (χ3v) is 4.83. The summed E-state index contributed by atoms with van der Waals surface area (Å²) in [5.41, 5.74) is 0.822. The van der Waals surface area contributed by atoms with Crippen molar-refractivity contribution in [1.82, 2.24) is 24.8 Å². The van der Waals surface area contributed by atoms with Crippen molar-refractivity contribution in [2.24, 2.45) is 0 Å². The van der Waals surface area contributed by atoms with Crippen LogP contribution in [0.4, 0.5) is 23.5 Å². The molecule has 0 radical (unpaired) electrons. The normalized spacial score (nSPS) is 14.4. The van der Waals surface area contributed by atoms with E-state index >= 15 is 0 Å². The summed E-state index contributed by atoms with van der Waals surface area (Å²) in [6.07, 6.45) is 0. The molecule has 0 saturated carbocycles. The topological polar surface area (TPSA) is 81.7 Å². The van der Waals surface area contributed by atoms with Gasteiger partial charge in [0.2, 0.25) is 17.8 Å². The Morgan fingerprint density at radius 2 is 1.73 bits per heavy atom. The molecule has 1 aromatic carbocycles. The minimum atomic E-state index is 0. The van der Waals surface area contributed by atoms with E-state index in [0.717, 1.165) is 57.3 Å². The predicted molar refractivity (Wildman–Crippen MR) is 125 cm³/mol. The lowest BCUT2D eigenvalue weighted by atomic mass is 10.3. The molecule has 30 heavy (non-hydrogen) atoms. The Morgan fingerprint density at radius 1 is 1.03 bits per heavy atom. The smallest absolute Gasteiger partial charge is 0.233 e. The second kappa shape index (κ2) is 11.7. The van der Waals surface area contributed by atoms with Crippen molar-refractivity contribution in [3.05, 3.63) is 24.3 Å². The van der Waals surface area contributed by atoms with Gasteiger partial charge >= 0.3 is 0 Å². The van der Waals surface area contributed by atoms with Crippen LogP contribution in [-0.4, -0.2) is 91.8 Å². The molecule has 0 amide bonds. The lowest BCUT2D eigenvalue weighted by molar-refractivity contribution is 0.228. The van der Waals surface area contributed by atoms with Crippen molar-refractivity contribution in [2.75, 3.05) is 82.6 Å². The van der Waals surface area contributed by atoms with Gasteiger partial charge in [0, 0.05) is 45.8 Å². The average molecular weight is 437 g/mol. The second-order valence-corrected chi connectivity index (χ2v) is 7.27. The molecule has 9 nitrogen and oxygen atoms in total. The van der Waals surface area contributed by atoms with Gasteiger partial charge in [0.1, 0.15) is 5.75 Å². The van der Waals surface area contributed by atoms with E-state index < -0.39 is 0 Å². The molecule has 3 rings (SSSR count). The third kappa shape index (κ3) is 6.58. The van der Waals surface area contributed by atoms with E-state index in [1.165, 1.54) is 0 Å². The fourth-order valence-electron chi connectivity index (χ4n) is 3.18. The van der Waals surface area contributed by atoms with Gasteiger partial charge in [0.05, 0.1) is 12.8 Å². The van der Waals surface area contributed by atoms with Crippen molar-refractivity contribution in [3.8, 4) is 5.75 Å². The number of likely N-dealkylation sites (N-methyl/N-ethyl adjacent to an activating group) is 1. The van der Waals surface area contributed by atoms with Crippen molar-refractivity contribution >= 4 is 35.9 Å². The largest absolute Gasteiger partial charge is 0.495 e. The number of para-hydroxylation sites is 2. The van der Waals surface area contributed by atoms with Crippen LogP contribution < -0.4 is 20.3 Å². The monoisotopic (exact) mass is 436 g/mol. The SMILES string of the molecule is CCNc1nc(Nc2ccccc2OC)nc(N2CCN(CCN(C)C)CC2)n1.Cl. The first-order chi connectivity index (χ1) is 14.1. The molecule has 0 aliphatic carbocycles. The second-order valence-electron chi connectivity index (χ2n) is 7.27. The number of ether oxygens (including phenoxy) is 1. The summed E-state index contributed by atoms with van der Waals surface area (Å²) in [6, 6.07) is 7.73. The molecular formula is C20H33ClN8O. The van der Waals surface area contributed by atoms with E-state index in [1.54, 1.807) is 7.11 Å². The Kier molecular flexibility index (Phi) is 9.35. The molecule has 166 valence electrons. The summed E-state index contributed by atoms with van der Waals surface area (Å²) >= 11 is 0. The molecule has 0 bridgehead atoms. The highest BCUT2D eigenvalue weighted by Gasteiger charge is 2.20. The molecule has 2 N–H and O–H groups in total. The van der Waals surface area contributed by atoms with Crippen LogP contribution in [0.15, 0.2) is 24.3 Å². The molecule has 2 heterocycles. The van der Waals surface area contributed by atoms with E-state index in [9.17, 15) is 0 Å². The van der Waals surface area contributed by atoms with Gasteiger partial charge in [-0.25, -0.2) is 0 Å². The number of halogens is 1. The Balaban J connectivity index is 0.00000320. The van der Waals surface area contributed by atoms with Crippen LogP contribution in [0.2, 0.25) is 0 Å². The van der Waals surface area contributed by atoms with Gasteiger partial charge in [0.25, 0.3) is 0 Å². The number of rotatable bonds is 9. The van der Waals surface area contributed by atoms with Crippen LogP contribution in [0.25, 0.3) is 0 Å². The molecule has 0 unspecified atom stereocenters. The molecule has 1 aliphatic heterocycles. The zero-order chi connectivity index (χ0) is 20.6. The Labute approximate surface area is 185 Å². The molecule has 0 spiro atoms. The predicted octanol–water partition coefficient (Wildman–Crippen LogP) is 2.16. The number of aromatic nitrogens is 3. The molecule has 10 heteroatoms. The van der Waals surface area contributed by atoms with Crippen LogP contribution in [0.3, 0.4) is 0 Å². The standard InChI is InChI=1S/C20H32N8O.ClH/c1-5-21-18-23-19(22-16-8-6-7-9-17(16)29-4)25-20(24-18)28-14-12-27(13-15-28)11-10-26(2)3;/h6-9H,5,10-15H2,1-4H3,(H2,21,22,23,24,25);1H. The minimum Gasteiger partial charge on any atom is -0.495 e. The van der Waals surface area contributed by atoms with Gasteiger partial charge in [0.15, 0.2) is 0 Å². The first-order valence-corrected chi connectivity index (χ1v) is 10.1. The highest BCUT2D eigenvalue weighted by molar-refractivity contribution is 5.85. The van der Waals surface area contributed by atoms with Crippen molar-refractivity contribution < 1.29 is 4.74 Å². The van der Waals surface area contributed by atoms with Crippen LogP contribution in [0, 0.1) is 0 Å². The lowest BCUT2D eigenvalue weighted by Crippen LogP contribution is -2.48. The number of hydrogen-bond donors (Lipinski definition) is 2. The average Bonchev–Trinajstić information content (AvgIpc) is 2.73. The van der Waals surface area contributed by atoms with Crippen LogP contribution >= 0.6 is 12.4 Å². The number of benzene rings is 1. The lowest BCUT2D eigenvalue weighted by Gasteiger charge is -2.35. The molecule has 1 fully saturated rings. The molecule has 0 atom stereocenters. The maximum Gasteiger partial charge on any atom is 0.233 e. The van der Waals surface area contributed by atoms with Crippen LogP contribution in [0.1, 0.15) is 6.92 Å². The van der Waals surface area contributed by atoms with Gasteiger partial charge < -0.3 is 25.2 Å². The number of piperazine rings is 1. The number of anilines is 4. The Morgan fingerprint density at radius 3 is 2.40 bits per heavy atom. The number of hydrogen-bond acceptors (Lipinski definition) is 9. The fourth-order valence-corrected chi connectivity index (χ4v) is 3.18. The molecule has 1 aliphatic rings. The quantitative estimate of drug-likeness (QED) is 0.614. The minimum absolute atomic E-state index is 0. The van der Waals surface area contributed by atoms with E-state index in [1.807, 2.05) is 31.2 Å². The van der Waals surface area contributed by atoms with Crippen LogP contribution in [-0.2, 0) is 0 Å². The van der Waals surface area contributed by atoms with Gasteiger partial charge in [-0.3, -0.25) is 4.90 Å². The van der Waals surface area contributed by atoms with Crippen molar-refractivity contribution in [2.45, 2.75) is 6.92 Å². The van der Waals surface area contributed by atoms with E-state index in [-0.39, 0.29) is 12.4 Å². The summed E-state index contributed by atoms with van der Waals surface area (Å²) in [4.78, 5) is 20.7. The fraction of sp³-hybridized carbons (Fsp3) is 0.550. The van der Waals surface area contributed by atoms with Gasteiger partial charge in [-0.05, 0) is 33.2 Å².